The van der Waals surface area contributed by atoms with E-state index in [0.717, 1.165) is 18.8 Å². The van der Waals surface area contributed by atoms with Gasteiger partial charge in [0.05, 0.1) is 11.6 Å². The van der Waals surface area contributed by atoms with Crippen LogP contribution in [-0.4, -0.2) is 62.2 Å². The van der Waals surface area contributed by atoms with E-state index in [4.69, 9.17) is 9.84 Å². The van der Waals surface area contributed by atoms with Gasteiger partial charge in [-0.05, 0) is 39.0 Å². The molecule has 1 aliphatic heterocycles. The van der Waals surface area contributed by atoms with E-state index in [9.17, 15) is 14.7 Å². The number of carboxylic acids is 1. The Kier molecular flexibility index (Phi) is 7.81. The zero-order valence-corrected chi connectivity index (χ0v) is 19.1. The Labute approximate surface area is 185 Å². The smallest absolute Gasteiger partial charge is 0.410 e. The van der Waals surface area contributed by atoms with Gasteiger partial charge in [-0.25, -0.2) is 14.6 Å². The highest BCUT2D eigenvalue weighted by Crippen LogP contribution is 2.33. The van der Waals surface area contributed by atoms with E-state index in [-0.39, 0.29) is 23.9 Å². The van der Waals surface area contributed by atoms with Crippen LogP contribution in [0.2, 0.25) is 0 Å². The molecule has 0 spiro atoms. The molecule has 1 unspecified atom stereocenters. The average Bonchev–Trinajstić information content (AvgIpc) is 3.20. The van der Waals surface area contributed by atoms with Crippen molar-refractivity contribution in [1.29, 1.82) is 0 Å². The average molecular weight is 455 g/mol. The summed E-state index contributed by atoms with van der Waals surface area (Å²) in [6, 6.07) is -0.175. The summed E-state index contributed by atoms with van der Waals surface area (Å²) in [5.41, 5.74) is -0.687. The largest absolute Gasteiger partial charge is 0.476 e. The zero-order chi connectivity index (χ0) is 21.7. The quantitative estimate of drug-likeness (QED) is 0.377. The Bertz CT molecular complexity index is 775. The van der Waals surface area contributed by atoms with Gasteiger partial charge in [-0.2, -0.15) is 0 Å². The highest BCUT2D eigenvalue weighted by Gasteiger charge is 2.37. The molecule has 1 aromatic rings. The first-order valence-corrected chi connectivity index (χ1v) is 12.3. The predicted molar refractivity (Wildman–Crippen MR) is 117 cm³/mol. The third kappa shape index (κ3) is 6.21. The SMILES string of the molecule is C[C@@H]1OC(=O)N(CCSc2nc(C(=O)O)cs2)[C@H]1/C=C/CC(C)(O)CCC1CCC1. The molecule has 2 N–H and O–H groups in total. The zero-order valence-electron chi connectivity index (χ0n) is 17.5. The Hall–Kier alpha value is -1.58. The molecule has 1 aliphatic carbocycles. The van der Waals surface area contributed by atoms with Crippen molar-refractivity contribution in [2.45, 2.75) is 74.5 Å². The van der Waals surface area contributed by atoms with Crippen molar-refractivity contribution < 1.29 is 24.5 Å². The third-order valence-corrected chi connectivity index (χ3v) is 7.83. The van der Waals surface area contributed by atoms with E-state index in [0.29, 0.717) is 23.1 Å². The lowest BCUT2D eigenvalue weighted by Crippen LogP contribution is -2.36. The summed E-state index contributed by atoms with van der Waals surface area (Å²) in [6.45, 7) is 4.22. The molecule has 0 radical (unpaired) electrons. The van der Waals surface area contributed by atoms with E-state index in [2.05, 4.69) is 4.98 Å². The number of aromatic nitrogens is 1. The molecule has 30 heavy (non-hydrogen) atoms. The van der Waals surface area contributed by atoms with Gasteiger partial charge >= 0.3 is 12.1 Å². The minimum absolute atomic E-state index is 0.0434. The molecule has 1 saturated carbocycles. The van der Waals surface area contributed by atoms with Gasteiger partial charge in [-0.3, -0.25) is 4.90 Å². The van der Waals surface area contributed by atoms with E-state index >= 15 is 0 Å². The lowest BCUT2D eigenvalue weighted by atomic mass is 9.79. The van der Waals surface area contributed by atoms with Gasteiger partial charge in [-0.1, -0.05) is 43.2 Å². The second-order valence-electron chi connectivity index (χ2n) is 8.39. The number of hydrogen-bond acceptors (Lipinski definition) is 7. The Morgan fingerprint density at radius 2 is 2.27 bits per heavy atom. The highest BCUT2D eigenvalue weighted by atomic mass is 32.2. The van der Waals surface area contributed by atoms with Gasteiger partial charge in [0.25, 0.3) is 0 Å². The van der Waals surface area contributed by atoms with Crippen LogP contribution in [0.4, 0.5) is 4.79 Å². The molecule has 9 heteroatoms. The monoisotopic (exact) mass is 454 g/mol. The van der Waals surface area contributed by atoms with Crippen LogP contribution >= 0.6 is 23.1 Å². The van der Waals surface area contributed by atoms with Crippen molar-refractivity contribution in [3.8, 4) is 0 Å². The first-order chi connectivity index (χ1) is 14.2. The number of rotatable bonds is 11. The van der Waals surface area contributed by atoms with Crippen LogP contribution in [0.1, 0.15) is 62.9 Å². The topological polar surface area (TPSA) is 100.0 Å². The maximum Gasteiger partial charge on any atom is 0.410 e. The summed E-state index contributed by atoms with van der Waals surface area (Å²) in [4.78, 5) is 28.9. The summed E-state index contributed by atoms with van der Waals surface area (Å²) < 4.78 is 6.05. The van der Waals surface area contributed by atoms with Crippen molar-refractivity contribution in [3.63, 3.8) is 0 Å². The summed E-state index contributed by atoms with van der Waals surface area (Å²) in [5, 5.41) is 21.1. The van der Waals surface area contributed by atoms with Crippen molar-refractivity contribution in [3.05, 3.63) is 23.2 Å². The number of nitrogens with zero attached hydrogens (tertiary/aromatic N) is 2. The Balaban J connectivity index is 1.48. The van der Waals surface area contributed by atoms with Crippen LogP contribution in [0.15, 0.2) is 21.9 Å². The number of aromatic carboxylic acids is 1. The Morgan fingerprint density at radius 1 is 1.50 bits per heavy atom. The standard InChI is InChI=1S/C21H30N2O5S2/c1-14-17(7-4-9-21(2,27)10-8-15-5-3-6-15)23(20(26)28-14)11-12-29-19-22-16(13-30-19)18(24)25/h4,7,13-15,17,27H,3,5-6,8-12H2,1-2H3,(H,24,25)/b7-4+/t14-,17-,21?/m0/s1. The molecule has 2 heterocycles. The van der Waals surface area contributed by atoms with E-state index in [1.54, 1.807) is 4.90 Å². The number of cyclic esters (lactones) is 1. The molecule has 3 atom stereocenters. The predicted octanol–water partition coefficient (Wildman–Crippen LogP) is 4.42. The van der Waals surface area contributed by atoms with Crippen molar-refractivity contribution in [2.24, 2.45) is 5.92 Å². The molecule has 1 aromatic heterocycles. The number of carboxylic acid groups (broad SMARTS) is 1. The fourth-order valence-electron chi connectivity index (χ4n) is 3.69. The fraction of sp³-hybridized carbons (Fsp3) is 0.667. The van der Waals surface area contributed by atoms with Gasteiger partial charge < -0.3 is 14.9 Å². The van der Waals surface area contributed by atoms with Crippen LogP contribution in [0.25, 0.3) is 0 Å². The number of amides is 1. The van der Waals surface area contributed by atoms with Crippen molar-refractivity contribution in [1.82, 2.24) is 9.88 Å². The second kappa shape index (κ2) is 10.2. The first-order valence-electron chi connectivity index (χ1n) is 10.4. The van der Waals surface area contributed by atoms with Crippen LogP contribution in [0, 0.1) is 5.92 Å². The number of thiazole rings is 1. The maximum absolute atomic E-state index is 12.2. The normalized spacial score (nSPS) is 24.1. The molecule has 1 saturated heterocycles. The highest BCUT2D eigenvalue weighted by molar-refractivity contribution is 8.01. The Morgan fingerprint density at radius 3 is 2.90 bits per heavy atom. The molecule has 0 aromatic carbocycles. The summed E-state index contributed by atoms with van der Waals surface area (Å²) in [5.74, 6) is 0.334. The number of carbonyl (C=O) groups is 2. The van der Waals surface area contributed by atoms with Crippen LogP contribution in [0.5, 0.6) is 0 Å². The van der Waals surface area contributed by atoms with Crippen LogP contribution < -0.4 is 0 Å². The molecule has 2 fully saturated rings. The molecule has 7 nitrogen and oxygen atoms in total. The van der Waals surface area contributed by atoms with E-state index < -0.39 is 11.6 Å². The summed E-state index contributed by atoms with van der Waals surface area (Å²) in [7, 11) is 0. The second-order valence-corrected chi connectivity index (χ2v) is 10.6. The van der Waals surface area contributed by atoms with Gasteiger partial charge in [0.2, 0.25) is 0 Å². The van der Waals surface area contributed by atoms with E-state index in [1.165, 1.54) is 47.7 Å². The van der Waals surface area contributed by atoms with Crippen LogP contribution in [-0.2, 0) is 4.74 Å². The lowest BCUT2D eigenvalue weighted by molar-refractivity contribution is 0.0422. The summed E-state index contributed by atoms with van der Waals surface area (Å²) >= 11 is 2.71. The summed E-state index contributed by atoms with van der Waals surface area (Å²) in [6.07, 6.45) is 9.64. The number of aliphatic hydroxyl groups is 1. The minimum atomic E-state index is -1.04. The first kappa shape index (κ1) is 23.1. The fourth-order valence-corrected chi connectivity index (χ4v) is 5.49. The minimum Gasteiger partial charge on any atom is -0.476 e. The molecule has 2 aliphatic rings. The molecule has 1 amide bonds. The van der Waals surface area contributed by atoms with Gasteiger partial charge in [-0.15, -0.1) is 11.3 Å². The molecule has 0 bridgehead atoms. The van der Waals surface area contributed by atoms with Gasteiger partial charge in [0.1, 0.15) is 6.10 Å². The molecule has 166 valence electrons. The molecular formula is C21H30N2O5S2. The number of ether oxygens (including phenoxy) is 1. The maximum atomic E-state index is 12.2. The van der Waals surface area contributed by atoms with Gasteiger partial charge in [0.15, 0.2) is 10.0 Å². The van der Waals surface area contributed by atoms with Crippen molar-refractivity contribution >= 4 is 35.2 Å². The lowest BCUT2D eigenvalue weighted by Gasteiger charge is -2.29. The van der Waals surface area contributed by atoms with E-state index in [1.807, 2.05) is 26.0 Å². The third-order valence-electron chi connectivity index (χ3n) is 5.83. The number of hydrogen-bond donors (Lipinski definition) is 2. The molecule has 3 rings (SSSR count). The number of carbonyl (C=O) groups excluding carboxylic acids is 1. The molecular weight excluding hydrogens is 424 g/mol. The van der Waals surface area contributed by atoms with Gasteiger partial charge in [0, 0.05) is 17.7 Å². The number of thioether (sulfide) groups is 1. The van der Waals surface area contributed by atoms with Crippen LogP contribution in [0.3, 0.4) is 0 Å². The van der Waals surface area contributed by atoms with Crippen molar-refractivity contribution in [2.75, 3.05) is 12.3 Å².